The van der Waals surface area contributed by atoms with Gasteiger partial charge in [-0.25, -0.2) is 0 Å². The number of benzene rings is 4. The zero-order chi connectivity index (χ0) is 33.6. The molecule has 0 unspecified atom stereocenters. The van der Waals surface area contributed by atoms with Crippen molar-refractivity contribution in [3.8, 4) is 22.9 Å². The Hall–Kier alpha value is -4.72. The Bertz CT molecular complexity index is 1790. The molecule has 8 nitrogen and oxygen atoms in total. The van der Waals surface area contributed by atoms with E-state index in [1.54, 1.807) is 16.9 Å². The van der Waals surface area contributed by atoms with Crippen molar-refractivity contribution in [3.05, 3.63) is 96.1 Å². The first kappa shape index (κ1) is 34.6. The van der Waals surface area contributed by atoms with Crippen molar-refractivity contribution in [2.45, 2.75) is 104 Å². The number of aromatic nitrogens is 6. The minimum Gasteiger partial charge on any atom is -0.506 e. The molecule has 0 fully saturated rings. The summed E-state index contributed by atoms with van der Waals surface area (Å²) in [6.07, 6.45) is 17.8. The molecular weight excluding hydrogens is 596 g/mol. The maximum Gasteiger partial charge on any atom is 0.143 e. The Morgan fingerprint density at radius 3 is 1.19 bits per heavy atom. The van der Waals surface area contributed by atoms with E-state index in [1.165, 1.54) is 80.1 Å². The molecule has 6 aromatic rings. The van der Waals surface area contributed by atoms with Gasteiger partial charge >= 0.3 is 0 Å². The maximum absolute atomic E-state index is 10.3. The van der Waals surface area contributed by atoms with Gasteiger partial charge in [-0.3, -0.25) is 0 Å². The third-order valence-electron chi connectivity index (χ3n) is 8.72. The van der Waals surface area contributed by atoms with Crippen LogP contribution in [0.15, 0.2) is 84.9 Å². The number of aromatic hydroxyl groups is 2. The van der Waals surface area contributed by atoms with Crippen molar-refractivity contribution in [2.24, 2.45) is 0 Å². The third kappa shape index (κ3) is 9.66. The maximum atomic E-state index is 10.3. The third-order valence-corrected chi connectivity index (χ3v) is 8.72. The molecule has 0 saturated heterocycles. The van der Waals surface area contributed by atoms with Crippen LogP contribution in [0.1, 0.15) is 102 Å². The van der Waals surface area contributed by atoms with Crippen molar-refractivity contribution >= 4 is 22.1 Å². The average molecular weight is 647 g/mol. The van der Waals surface area contributed by atoms with Crippen LogP contribution in [0.2, 0.25) is 0 Å². The summed E-state index contributed by atoms with van der Waals surface area (Å²) in [6, 6.07) is 26.9. The summed E-state index contributed by atoms with van der Waals surface area (Å²) in [5, 5.41) is 38.1. The molecule has 0 amide bonds. The summed E-state index contributed by atoms with van der Waals surface area (Å²) in [7, 11) is 0. The lowest BCUT2D eigenvalue weighted by Crippen LogP contribution is -2.00. The molecule has 0 atom stereocenters. The van der Waals surface area contributed by atoms with Gasteiger partial charge < -0.3 is 10.2 Å². The van der Waals surface area contributed by atoms with E-state index in [1.807, 2.05) is 72.8 Å². The van der Waals surface area contributed by atoms with Crippen LogP contribution in [0.25, 0.3) is 33.4 Å². The number of phenols is 2. The highest BCUT2D eigenvalue weighted by molar-refractivity contribution is 5.74. The van der Waals surface area contributed by atoms with Gasteiger partial charge in [-0.2, -0.15) is 0 Å². The minimum atomic E-state index is 0.200. The molecule has 252 valence electrons. The van der Waals surface area contributed by atoms with Gasteiger partial charge in [0.1, 0.15) is 44.9 Å². The molecule has 2 heterocycles. The average Bonchev–Trinajstić information content (AvgIpc) is 3.74. The minimum absolute atomic E-state index is 0.200. The van der Waals surface area contributed by atoms with Crippen LogP contribution in [0.5, 0.6) is 11.5 Å². The molecular formula is C40H50N6O2. The fraction of sp³-hybridized carbons (Fsp3) is 0.400. The summed E-state index contributed by atoms with van der Waals surface area (Å²) in [4.78, 5) is 3.05. The van der Waals surface area contributed by atoms with Gasteiger partial charge in [-0.1, -0.05) is 114 Å². The van der Waals surface area contributed by atoms with Crippen LogP contribution in [-0.2, 0) is 12.8 Å². The predicted molar refractivity (Wildman–Crippen MR) is 195 cm³/mol. The normalized spacial score (nSPS) is 11.2. The number of hydrogen-bond acceptors (Lipinski definition) is 6. The molecule has 0 radical (unpaired) electrons. The molecule has 0 aliphatic rings. The summed E-state index contributed by atoms with van der Waals surface area (Å²) in [5.74, 6) is 0.415. The summed E-state index contributed by atoms with van der Waals surface area (Å²) >= 11 is 0. The Balaban J connectivity index is 0.000000198. The number of aryl methyl sites for hydroxylation is 2. The van der Waals surface area contributed by atoms with Crippen LogP contribution < -0.4 is 0 Å². The van der Waals surface area contributed by atoms with Gasteiger partial charge in [-0.15, -0.1) is 30.0 Å². The lowest BCUT2D eigenvalue weighted by molar-refractivity contribution is 0.467. The lowest BCUT2D eigenvalue weighted by atomic mass is 10.0. The van der Waals surface area contributed by atoms with Gasteiger partial charge in [-0.05, 0) is 85.3 Å². The molecule has 0 spiro atoms. The second-order valence-electron chi connectivity index (χ2n) is 12.6. The van der Waals surface area contributed by atoms with Crippen LogP contribution in [-0.4, -0.2) is 40.2 Å². The van der Waals surface area contributed by atoms with Crippen molar-refractivity contribution in [1.29, 1.82) is 0 Å². The van der Waals surface area contributed by atoms with Gasteiger partial charge in [0.2, 0.25) is 0 Å². The number of rotatable bonds is 16. The zero-order valence-electron chi connectivity index (χ0n) is 28.6. The van der Waals surface area contributed by atoms with E-state index >= 15 is 0 Å². The first-order chi connectivity index (χ1) is 23.6. The van der Waals surface area contributed by atoms with Gasteiger partial charge in [0.05, 0.1) is 0 Å². The molecule has 8 heteroatoms. The van der Waals surface area contributed by atoms with Crippen LogP contribution in [0.4, 0.5) is 0 Å². The number of fused-ring (bicyclic) bond motifs is 2. The quantitative estimate of drug-likeness (QED) is 0.101. The fourth-order valence-electron chi connectivity index (χ4n) is 5.90. The fourth-order valence-corrected chi connectivity index (χ4v) is 5.90. The first-order valence-corrected chi connectivity index (χ1v) is 17.8. The molecule has 0 aliphatic heterocycles. The molecule has 48 heavy (non-hydrogen) atoms. The van der Waals surface area contributed by atoms with Gasteiger partial charge in [0, 0.05) is 0 Å². The topological polar surface area (TPSA) is 102 Å². The monoisotopic (exact) mass is 646 g/mol. The van der Waals surface area contributed by atoms with Gasteiger partial charge in [0.25, 0.3) is 0 Å². The van der Waals surface area contributed by atoms with E-state index in [0.29, 0.717) is 11.4 Å². The molecule has 0 aliphatic carbocycles. The molecule has 2 aromatic heterocycles. The number of unbranched alkanes of at least 4 members (excludes halogenated alkanes) is 10. The Morgan fingerprint density at radius 1 is 0.438 bits per heavy atom. The van der Waals surface area contributed by atoms with Crippen LogP contribution in [0, 0.1) is 0 Å². The van der Waals surface area contributed by atoms with Gasteiger partial charge in [0.15, 0.2) is 0 Å². The lowest BCUT2D eigenvalue weighted by Gasteiger charge is -2.07. The van der Waals surface area contributed by atoms with E-state index in [9.17, 15) is 10.2 Å². The molecule has 0 bridgehead atoms. The molecule has 2 N–H and O–H groups in total. The summed E-state index contributed by atoms with van der Waals surface area (Å²) < 4.78 is 0. The number of hydrogen-bond donors (Lipinski definition) is 2. The van der Waals surface area contributed by atoms with Crippen LogP contribution >= 0.6 is 0 Å². The number of nitrogens with zero attached hydrogens (tertiary/aromatic N) is 6. The predicted octanol–water partition coefficient (Wildman–Crippen LogP) is 10.1. The second-order valence-corrected chi connectivity index (χ2v) is 12.6. The van der Waals surface area contributed by atoms with E-state index in [4.69, 9.17) is 0 Å². The standard InChI is InChI=1S/C24H33N3O.C16H17N3O/c1-2-3-4-5-6-7-8-9-10-11-14-20-17-18-24(28)23(19-20)27-25-21-15-12-13-16-22(21)26-27;1-2-3-6-12-9-10-16(20)15(11-12)19-17-13-7-4-5-8-14(13)18-19/h12-13,15-19,28H,2-11,14H2,1H3;4-5,7-11,20H,2-3,6H2,1H3. The largest absolute Gasteiger partial charge is 0.506 e. The van der Waals surface area contributed by atoms with E-state index < -0.39 is 0 Å². The van der Waals surface area contributed by atoms with E-state index in [-0.39, 0.29) is 11.5 Å². The molecule has 0 saturated carbocycles. The molecule has 6 rings (SSSR count). The Morgan fingerprint density at radius 2 is 0.792 bits per heavy atom. The van der Waals surface area contributed by atoms with Crippen molar-refractivity contribution < 1.29 is 10.2 Å². The van der Waals surface area contributed by atoms with E-state index in [0.717, 1.165) is 47.8 Å². The highest BCUT2D eigenvalue weighted by atomic mass is 16.3. The smallest absolute Gasteiger partial charge is 0.143 e. The zero-order valence-corrected chi connectivity index (χ0v) is 28.6. The SMILES string of the molecule is CCCCCCCCCCCCc1ccc(O)c(-n2nc3ccccc3n2)c1.CCCCc1ccc(O)c(-n2nc3ccccc3n2)c1. The van der Waals surface area contributed by atoms with Crippen molar-refractivity contribution in [3.63, 3.8) is 0 Å². The van der Waals surface area contributed by atoms with Crippen molar-refractivity contribution in [2.75, 3.05) is 0 Å². The molecule has 4 aromatic carbocycles. The Kier molecular flexibility index (Phi) is 13.0. The van der Waals surface area contributed by atoms with Crippen LogP contribution in [0.3, 0.4) is 0 Å². The second kappa shape index (κ2) is 18.0. The summed E-state index contributed by atoms with van der Waals surface area (Å²) in [6.45, 7) is 4.44. The highest BCUT2D eigenvalue weighted by Crippen LogP contribution is 2.25. The first-order valence-electron chi connectivity index (χ1n) is 17.8. The number of phenolic OH excluding ortho intramolecular Hbond substituents is 2. The van der Waals surface area contributed by atoms with Crippen molar-refractivity contribution in [1.82, 2.24) is 30.0 Å². The Labute approximate surface area is 284 Å². The highest BCUT2D eigenvalue weighted by Gasteiger charge is 2.11. The summed E-state index contributed by atoms with van der Waals surface area (Å²) in [5.41, 5.74) is 7.03. The van der Waals surface area contributed by atoms with E-state index in [2.05, 4.69) is 34.2 Å².